The molecule has 2 aromatic carbocycles. The number of rotatable bonds is 3. The van der Waals surface area contributed by atoms with Crippen LogP contribution in [0.3, 0.4) is 0 Å². The summed E-state index contributed by atoms with van der Waals surface area (Å²) in [6, 6.07) is 10.7. The molecule has 2 rings (SSSR count). The first-order valence-electron chi connectivity index (χ1n) is 5.65. The fourth-order valence-electron chi connectivity index (χ4n) is 1.74. The number of alkyl halides is 2. The maximum absolute atomic E-state index is 13.0. The van der Waals surface area contributed by atoms with Crippen LogP contribution < -0.4 is 11.1 Å². The molecular weight excluding hydrogens is 284 g/mol. The molecular formula is C14H10ClF2N3. The van der Waals surface area contributed by atoms with Crippen LogP contribution in [0.25, 0.3) is 0 Å². The molecule has 0 saturated heterocycles. The van der Waals surface area contributed by atoms with E-state index in [0.29, 0.717) is 16.3 Å². The van der Waals surface area contributed by atoms with Crippen molar-refractivity contribution in [2.45, 2.75) is 6.43 Å². The smallest absolute Gasteiger partial charge is 0.265 e. The SMILES string of the molecule is N#Cc1ccc(Cl)cc1Nc1ccc(N)cc1C(F)F. The van der Waals surface area contributed by atoms with E-state index in [-0.39, 0.29) is 16.9 Å². The summed E-state index contributed by atoms with van der Waals surface area (Å²) in [5, 5.41) is 12.2. The molecule has 0 aliphatic carbocycles. The van der Waals surface area contributed by atoms with Crippen molar-refractivity contribution >= 4 is 28.7 Å². The fraction of sp³-hybridized carbons (Fsp3) is 0.0714. The molecule has 2 aromatic rings. The number of hydrogen-bond donors (Lipinski definition) is 2. The molecule has 6 heteroatoms. The first-order valence-corrected chi connectivity index (χ1v) is 6.03. The average Bonchev–Trinajstić information content (AvgIpc) is 2.41. The van der Waals surface area contributed by atoms with E-state index < -0.39 is 6.43 Å². The number of nitriles is 1. The van der Waals surface area contributed by atoms with E-state index in [9.17, 15) is 8.78 Å². The van der Waals surface area contributed by atoms with Crippen LogP contribution in [0, 0.1) is 11.3 Å². The Morgan fingerprint density at radius 2 is 1.90 bits per heavy atom. The van der Waals surface area contributed by atoms with Crippen molar-refractivity contribution in [1.29, 1.82) is 5.26 Å². The van der Waals surface area contributed by atoms with Gasteiger partial charge in [0.15, 0.2) is 0 Å². The average molecular weight is 294 g/mol. The van der Waals surface area contributed by atoms with Gasteiger partial charge in [0.25, 0.3) is 6.43 Å². The minimum Gasteiger partial charge on any atom is -0.399 e. The molecule has 0 radical (unpaired) electrons. The highest BCUT2D eigenvalue weighted by Gasteiger charge is 2.14. The van der Waals surface area contributed by atoms with Gasteiger partial charge >= 0.3 is 0 Å². The Bertz CT molecular complexity index is 681. The van der Waals surface area contributed by atoms with Crippen molar-refractivity contribution in [2.75, 3.05) is 11.1 Å². The largest absolute Gasteiger partial charge is 0.399 e. The molecule has 0 aromatic heterocycles. The van der Waals surface area contributed by atoms with Gasteiger partial charge in [-0.25, -0.2) is 8.78 Å². The van der Waals surface area contributed by atoms with Crippen molar-refractivity contribution in [3.63, 3.8) is 0 Å². The summed E-state index contributed by atoms with van der Waals surface area (Å²) in [6.07, 6.45) is -2.68. The number of nitrogens with zero attached hydrogens (tertiary/aromatic N) is 1. The third-order valence-corrected chi connectivity index (χ3v) is 2.92. The van der Waals surface area contributed by atoms with Gasteiger partial charge in [-0.1, -0.05) is 11.6 Å². The highest BCUT2D eigenvalue weighted by Crippen LogP contribution is 2.32. The quantitative estimate of drug-likeness (QED) is 0.820. The third-order valence-electron chi connectivity index (χ3n) is 2.68. The summed E-state index contributed by atoms with van der Waals surface area (Å²) in [5.41, 5.74) is 6.39. The monoisotopic (exact) mass is 293 g/mol. The van der Waals surface area contributed by atoms with E-state index >= 15 is 0 Å². The van der Waals surface area contributed by atoms with Crippen LogP contribution in [0.1, 0.15) is 17.6 Å². The van der Waals surface area contributed by atoms with Crippen LogP contribution in [0.15, 0.2) is 36.4 Å². The van der Waals surface area contributed by atoms with E-state index in [1.165, 1.54) is 30.3 Å². The van der Waals surface area contributed by atoms with Gasteiger partial charge in [0.05, 0.1) is 11.3 Å². The van der Waals surface area contributed by atoms with Crippen molar-refractivity contribution in [3.05, 3.63) is 52.5 Å². The lowest BCUT2D eigenvalue weighted by atomic mass is 10.1. The maximum Gasteiger partial charge on any atom is 0.265 e. The highest BCUT2D eigenvalue weighted by atomic mass is 35.5. The van der Waals surface area contributed by atoms with Gasteiger partial charge in [-0.05, 0) is 36.4 Å². The lowest BCUT2D eigenvalue weighted by molar-refractivity contribution is 0.152. The summed E-state index contributed by atoms with van der Waals surface area (Å²) < 4.78 is 26.0. The predicted molar refractivity (Wildman–Crippen MR) is 75.3 cm³/mol. The second-order valence-electron chi connectivity index (χ2n) is 4.07. The Kier molecular flexibility index (Phi) is 4.06. The topological polar surface area (TPSA) is 61.8 Å². The minimum absolute atomic E-state index is 0.188. The zero-order valence-corrected chi connectivity index (χ0v) is 11.0. The standard InChI is InChI=1S/C14H10ClF2N3/c15-9-2-1-8(7-18)13(5-9)20-12-4-3-10(19)6-11(12)14(16)17/h1-6,14,20H,19H2. The molecule has 3 N–H and O–H groups in total. The Morgan fingerprint density at radius 3 is 2.55 bits per heavy atom. The van der Waals surface area contributed by atoms with E-state index in [1.54, 1.807) is 6.07 Å². The molecule has 0 atom stereocenters. The number of halogens is 3. The van der Waals surface area contributed by atoms with E-state index in [0.717, 1.165) is 0 Å². The fourth-order valence-corrected chi connectivity index (χ4v) is 1.91. The van der Waals surface area contributed by atoms with Gasteiger partial charge in [0.1, 0.15) is 6.07 Å². The molecule has 0 fully saturated rings. The zero-order valence-electron chi connectivity index (χ0n) is 10.2. The molecule has 3 nitrogen and oxygen atoms in total. The van der Waals surface area contributed by atoms with Crippen LogP contribution in [0.5, 0.6) is 0 Å². The van der Waals surface area contributed by atoms with Crippen molar-refractivity contribution in [3.8, 4) is 6.07 Å². The number of benzene rings is 2. The molecule has 0 aliphatic heterocycles. The molecule has 102 valence electrons. The summed E-state index contributed by atoms with van der Waals surface area (Å²) in [7, 11) is 0. The van der Waals surface area contributed by atoms with Gasteiger partial charge in [0.2, 0.25) is 0 Å². The van der Waals surface area contributed by atoms with Gasteiger partial charge in [0, 0.05) is 22.0 Å². The van der Waals surface area contributed by atoms with Crippen LogP contribution in [0.2, 0.25) is 5.02 Å². The normalized spacial score (nSPS) is 10.3. The Morgan fingerprint density at radius 1 is 1.15 bits per heavy atom. The number of nitrogens with one attached hydrogen (secondary N) is 1. The summed E-state index contributed by atoms with van der Waals surface area (Å²) >= 11 is 5.85. The molecule has 0 spiro atoms. The van der Waals surface area contributed by atoms with Gasteiger partial charge in [-0.3, -0.25) is 0 Å². The minimum atomic E-state index is -2.68. The van der Waals surface area contributed by atoms with E-state index in [2.05, 4.69) is 5.32 Å². The van der Waals surface area contributed by atoms with Crippen molar-refractivity contribution in [1.82, 2.24) is 0 Å². The van der Waals surface area contributed by atoms with Crippen molar-refractivity contribution in [2.24, 2.45) is 0 Å². The third kappa shape index (κ3) is 2.98. The highest BCUT2D eigenvalue weighted by molar-refractivity contribution is 6.30. The summed E-state index contributed by atoms with van der Waals surface area (Å²) in [6.45, 7) is 0. The first-order chi connectivity index (χ1) is 9.51. The van der Waals surface area contributed by atoms with Gasteiger partial charge in [-0.2, -0.15) is 5.26 Å². The van der Waals surface area contributed by atoms with Crippen molar-refractivity contribution < 1.29 is 8.78 Å². The maximum atomic E-state index is 13.0. The number of nitrogens with two attached hydrogens (primary N) is 1. The Hall–Kier alpha value is -2.32. The Labute approximate surface area is 119 Å². The van der Waals surface area contributed by atoms with Gasteiger partial charge < -0.3 is 11.1 Å². The first kappa shape index (κ1) is 14.1. The molecule has 0 amide bonds. The number of hydrogen-bond acceptors (Lipinski definition) is 3. The van der Waals surface area contributed by atoms with E-state index in [1.807, 2.05) is 6.07 Å². The predicted octanol–water partition coefficient (Wildman–Crippen LogP) is 4.48. The van der Waals surface area contributed by atoms with Crippen LogP contribution in [0.4, 0.5) is 25.8 Å². The molecule has 0 aliphatic rings. The van der Waals surface area contributed by atoms with Crippen LogP contribution in [-0.4, -0.2) is 0 Å². The second kappa shape index (κ2) is 5.76. The van der Waals surface area contributed by atoms with E-state index in [4.69, 9.17) is 22.6 Å². The number of anilines is 3. The summed E-state index contributed by atoms with van der Waals surface area (Å²) in [4.78, 5) is 0. The van der Waals surface area contributed by atoms with Gasteiger partial charge in [-0.15, -0.1) is 0 Å². The van der Waals surface area contributed by atoms with Crippen LogP contribution in [-0.2, 0) is 0 Å². The summed E-state index contributed by atoms with van der Waals surface area (Å²) in [5.74, 6) is 0. The molecule has 0 heterocycles. The second-order valence-corrected chi connectivity index (χ2v) is 4.51. The lowest BCUT2D eigenvalue weighted by Crippen LogP contribution is -2.00. The zero-order chi connectivity index (χ0) is 14.7. The molecule has 20 heavy (non-hydrogen) atoms. The molecule has 0 saturated carbocycles. The van der Waals surface area contributed by atoms with Crippen LogP contribution >= 0.6 is 11.6 Å². The number of nitrogen functional groups attached to an aromatic ring is 1. The Balaban J connectivity index is 2.45. The lowest BCUT2D eigenvalue weighted by Gasteiger charge is -2.13. The molecule has 0 unspecified atom stereocenters. The molecule has 0 bridgehead atoms.